The minimum absolute atomic E-state index is 0.00511. The number of anilines is 1. The lowest BCUT2D eigenvalue weighted by Gasteiger charge is -2.31. The summed E-state index contributed by atoms with van der Waals surface area (Å²) >= 11 is 0. The van der Waals surface area contributed by atoms with E-state index in [1.54, 1.807) is 55.5 Å². The fourth-order valence-electron chi connectivity index (χ4n) is 6.58. The lowest BCUT2D eigenvalue weighted by molar-refractivity contribution is -0.172. The summed E-state index contributed by atoms with van der Waals surface area (Å²) in [6.07, 6.45) is -1.01. The van der Waals surface area contributed by atoms with Crippen molar-refractivity contribution in [2.24, 2.45) is 0 Å². The first-order valence-electron chi connectivity index (χ1n) is 17.2. The molecule has 2 atom stereocenters. The molecule has 5 aromatic rings. The number of rotatable bonds is 11. The van der Waals surface area contributed by atoms with Gasteiger partial charge in [-0.05, 0) is 48.2 Å². The highest BCUT2D eigenvalue weighted by atomic mass is 16.6. The van der Waals surface area contributed by atoms with Crippen LogP contribution in [0.1, 0.15) is 54.0 Å². The molecule has 270 valence electrons. The van der Waals surface area contributed by atoms with Gasteiger partial charge >= 0.3 is 18.0 Å². The number of pyridine rings is 2. The van der Waals surface area contributed by atoms with Gasteiger partial charge in [0.05, 0.1) is 34.7 Å². The standard InChI is InChI=1S/C40H36N4O9/c1-2-40(50)29-19-33-35-26(20-44(33)36(46)28(29)23-52-38(40)48)18-27-30(14-9-15-31(27)42-35)41-34(45)17-16-32(37(47)51-21-24-10-5-3-6-11-24)43-39(49)53-22-25-12-7-4-8-13-25/h3-15,18-19,32,50H,2,16-17,20-23H2,1H3,(H,41,45)(H,43,49)/t32-,40-/m0/s1. The molecule has 53 heavy (non-hydrogen) atoms. The van der Waals surface area contributed by atoms with Crippen molar-refractivity contribution in [3.63, 3.8) is 0 Å². The quantitative estimate of drug-likeness (QED) is 0.124. The Kier molecular flexibility index (Phi) is 9.74. The second kappa shape index (κ2) is 14.7. The third kappa shape index (κ3) is 7.11. The van der Waals surface area contributed by atoms with Crippen molar-refractivity contribution in [2.45, 2.75) is 64.2 Å². The van der Waals surface area contributed by atoms with Gasteiger partial charge in [-0.2, -0.15) is 0 Å². The maximum atomic E-state index is 13.6. The number of cyclic esters (lactones) is 1. The number of esters is 2. The predicted octanol–water partition coefficient (Wildman–Crippen LogP) is 4.84. The van der Waals surface area contributed by atoms with Crippen molar-refractivity contribution in [1.82, 2.24) is 14.9 Å². The van der Waals surface area contributed by atoms with Gasteiger partial charge in [-0.25, -0.2) is 19.4 Å². The summed E-state index contributed by atoms with van der Waals surface area (Å²) < 4.78 is 17.5. The number of carbonyl (C=O) groups excluding carboxylic acids is 4. The number of alkyl carbamates (subject to hydrolysis) is 1. The van der Waals surface area contributed by atoms with Crippen molar-refractivity contribution in [3.8, 4) is 11.4 Å². The molecule has 4 heterocycles. The van der Waals surface area contributed by atoms with Gasteiger partial charge < -0.3 is 34.5 Å². The highest BCUT2D eigenvalue weighted by Crippen LogP contribution is 2.39. The molecule has 2 aliphatic rings. The highest BCUT2D eigenvalue weighted by molar-refractivity contribution is 6.02. The van der Waals surface area contributed by atoms with E-state index in [2.05, 4.69) is 10.6 Å². The van der Waals surface area contributed by atoms with E-state index in [-0.39, 0.29) is 62.3 Å². The Balaban J connectivity index is 1.07. The molecule has 0 saturated heterocycles. The minimum atomic E-state index is -1.94. The Morgan fingerprint density at radius 2 is 1.64 bits per heavy atom. The second-order valence-corrected chi connectivity index (χ2v) is 12.9. The molecule has 2 aromatic heterocycles. The molecule has 2 aliphatic heterocycles. The summed E-state index contributed by atoms with van der Waals surface area (Å²) in [4.78, 5) is 70.1. The zero-order chi connectivity index (χ0) is 37.1. The molecule has 2 amide bonds. The maximum absolute atomic E-state index is 13.6. The van der Waals surface area contributed by atoms with Gasteiger partial charge in [-0.3, -0.25) is 9.59 Å². The number of hydrogen-bond acceptors (Lipinski definition) is 10. The van der Waals surface area contributed by atoms with Crippen molar-refractivity contribution in [2.75, 3.05) is 5.32 Å². The predicted molar refractivity (Wildman–Crippen MR) is 192 cm³/mol. The van der Waals surface area contributed by atoms with E-state index in [4.69, 9.17) is 19.2 Å². The molecule has 3 N–H and O–H groups in total. The first kappa shape index (κ1) is 35.1. The van der Waals surface area contributed by atoms with Crippen LogP contribution < -0.4 is 16.2 Å². The van der Waals surface area contributed by atoms with Crippen LogP contribution in [0.3, 0.4) is 0 Å². The largest absolute Gasteiger partial charge is 0.459 e. The minimum Gasteiger partial charge on any atom is -0.459 e. The van der Waals surface area contributed by atoms with Crippen LogP contribution in [0, 0.1) is 0 Å². The summed E-state index contributed by atoms with van der Waals surface area (Å²) in [5, 5.41) is 17.2. The van der Waals surface area contributed by atoms with Crippen LogP contribution in [0.25, 0.3) is 22.3 Å². The number of carbonyl (C=O) groups is 4. The van der Waals surface area contributed by atoms with Crippen LogP contribution in [-0.4, -0.2) is 44.6 Å². The average molecular weight is 717 g/mol. The van der Waals surface area contributed by atoms with Crippen LogP contribution in [-0.2, 0) is 60.6 Å². The van der Waals surface area contributed by atoms with Gasteiger partial charge in [0.1, 0.15) is 25.9 Å². The molecule has 0 fully saturated rings. The average Bonchev–Trinajstić information content (AvgIpc) is 3.54. The van der Waals surface area contributed by atoms with Gasteiger partial charge in [0.2, 0.25) is 5.91 Å². The molecule has 0 radical (unpaired) electrons. The molecule has 0 unspecified atom stereocenters. The SMILES string of the molecule is CC[C@@]1(O)C(=O)OCc2c1cc1n(c2=O)Cc2cc3c(NC(=O)CC[C@H](NC(=O)OCc4ccccc4)C(=O)OCc4ccccc4)cccc3nc2-1. The van der Waals surface area contributed by atoms with Gasteiger partial charge in [0.25, 0.3) is 5.56 Å². The summed E-state index contributed by atoms with van der Waals surface area (Å²) in [6, 6.07) is 25.7. The Labute approximate surface area is 303 Å². The Hall–Kier alpha value is -6.34. The Morgan fingerprint density at radius 1 is 0.943 bits per heavy atom. The van der Waals surface area contributed by atoms with E-state index in [0.717, 1.165) is 11.1 Å². The number of amides is 2. The smallest absolute Gasteiger partial charge is 0.408 e. The van der Waals surface area contributed by atoms with E-state index < -0.39 is 35.6 Å². The zero-order valence-corrected chi connectivity index (χ0v) is 28.8. The fraction of sp³-hybridized carbons (Fsp3) is 0.250. The van der Waals surface area contributed by atoms with Gasteiger partial charge in [0.15, 0.2) is 5.60 Å². The molecular weight excluding hydrogens is 680 g/mol. The lowest BCUT2D eigenvalue weighted by atomic mass is 9.86. The summed E-state index contributed by atoms with van der Waals surface area (Å²) in [7, 11) is 0. The lowest BCUT2D eigenvalue weighted by Crippen LogP contribution is -2.44. The molecule has 0 saturated carbocycles. The number of fused-ring (bicyclic) bond motifs is 5. The van der Waals surface area contributed by atoms with Crippen LogP contribution in [0.2, 0.25) is 0 Å². The maximum Gasteiger partial charge on any atom is 0.408 e. The molecule has 13 nitrogen and oxygen atoms in total. The fourth-order valence-corrected chi connectivity index (χ4v) is 6.58. The van der Waals surface area contributed by atoms with Gasteiger partial charge in [-0.15, -0.1) is 0 Å². The van der Waals surface area contributed by atoms with E-state index >= 15 is 0 Å². The molecule has 0 aliphatic carbocycles. The monoisotopic (exact) mass is 716 g/mol. The van der Waals surface area contributed by atoms with Gasteiger partial charge in [-0.1, -0.05) is 73.7 Å². The van der Waals surface area contributed by atoms with Crippen LogP contribution in [0.15, 0.2) is 95.8 Å². The first-order valence-corrected chi connectivity index (χ1v) is 17.2. The van der Waals surface area contributed by atoms with E-state index in [9.17, 15) is 29.1 Å². The topological polar surface area (TPSA) is 175 Å². The van der Waals surface area contributed by atoms with Crippen LogP contribution in [0.4, 0.5) is 10.5 Å². The molecular formula is C40H36N4O9. The highest BCUT2D eigenvalue weighted by Gasteiger charge is 2.45. The first-order chi connectivity index (χ1) is 25.6. The Morgan fingerprint density at radius 3 is 2.34 bits per heavy atom. The Bertz CT molecular complexity index is 2290. The van der Waals surface area contributed by atoms with Crippen molar-refractivity contribution >= 4 is 40.5 Å². The van der Waals surface area contributed by atoms with E-state index in [0.29, 0.717) is 33.5 Å². The number of aromatic nitrogens is 2. The van der Waals surface area contributed by atoms with Crippen LogP contribution in [0.5, 0.6) is 0 Å². The number of nitrogens with one attached hydrogen (secondary N) is 2. The number of benzene rings is 3. The number of nitrogens with zero attached hydrogens (tertiary/aromatic N) is 2. The molecule has 0 bridgehead atoms. The van der Waals surface area contributed by atoms with Crippen molar-refractivity contribution < 1.29 is 38.5 Å². The number of hydrogen-bond donors (Lipinski definition) is 3. The molecule has 13 heteroatoms. The summed E-state index contributed by atoms with van der Waals surface area (Å²) in [5.74, 6) is -1.93. The van der Waals surface area contributed by atoms with Crippen molar-refractivity contribution in [1.29, 1.82) is 0 Å². The number of aliphatic hydroxyl groups is 1. The normalized spacial score (nSPS) is 16.1. The molecule has 3 aromatic carbocycles. The number of ether oxygens (including phenoxy) is 3. The molecule has 7 rings (SSSR count). The third-order valence-electron chi connectivity index (χ3n) is 9.50. The summed E-state index contributed by atoms with van der Waals surface area (Å²) in [6.45, 7) is 1.59. The van der Waals surface area contributed by atoms with E-state index in [1.165, 1.54) is 4.57 Å². The van der Waals surface area contributed by atoms with E-state index in [1.807, 2.05) is 42.5 Å². The summed E-state index contributed by atoms with van der Waals surface area (Å²) in [5.41, 5.74) is 2.39. The second-order valence-electron chi connectivity index (χ2n) is 12.9. The van der Waals surface area contributed by atoms with Gasteiger partial charge in [0, 0.05) is 22.9 Å². The van der Waals surface area contributed by atoms with Crippen molar-refractivity contribution in [3.05, 3.63) is 129 Å². The van der Waals surface area contributed by atoms with Crippen LogP contribution >= 0.6 is 0 Å². The third-order valence-corrected chi connectivity index (χ3v) is 9.50. The zero-order valence-electron chi connectivity index (χ0n) is 28.8. The molecule has 0 spiro atoms.